The quantitative estimate of drug-likeness (QED) is 0.839. The molecule has 3 fully saturated rings. The SMILES string of the molecule is Cc1cc(NC2C3C4CCC(C4)C23)c(C(N)=S)c(C)n1. The molecule has 4 rings (SSSR count). The largest absolute Gasteiger partial charge is 0.389 e. The number of hydrogen-bond acceptors (Lipinski definition) is 3. The summed E-state index contributed by atoms with van der Waals surface area (Å²) in [4.78, 5) is 4.94. The fourth-order valence-corrected chi connectivity index (χ4v) is 5.21. The van der Waals surface area contributed by atoms with Gasteiger partial charge in [0.2, 0.25) is 0 Å². The molecule has 3 aliphatic rings. The third-order valence-electron chi connectivity index (χ3n) is 5.63. The molecule has 4 atom stereocenters. The van der Waals surface area contributed by atoms with Crippen LogP contribution in [0.25, 0.3) is 0 Å². The normalized spacial score (nSPS) is 36.8. The zero-order valence-corrected chi connectivity index (χ0v) is 12.8. The van der Waals surface area contributed by atoms with Crippen LogP contribution in [0, 0.1) is 37.5 Å². The first-order valence-corrected chi connectivity index (χ1v) is 8.01. The molecule has 0 radical (unpaired) electrons. The minimum Gasteiger partial charge on any atom is -0.389 e. The van der Waals surface area contributed by atoms with E-state index in [-0.39, 0.29) is 0 Å². The van der Waals surface area contributed by atoms with E-state index >= 15 is 0 Å². The average Bonchev–Trinajstić information content (AvgIpc) is 2.77. The van der Waals surface area contributed by atoms with Crippen LogP contribution < -0.4 is 11.1 Å². The molecule has 4 heteroatoms. The highest BCUT2D eigenvalue weighted by molar-refractivity contribution is 7.80. The topological polar surface area (TPSA) is 50.9 Å². The summed E-state index contributed by atoms with van der Waals surface area (Å²) in [6.07, 6.45) is 4.37. The summed E-state index contributed by atoms with van der Waals surface area (Å²) in [5.74, 6) is 3.75. The Labute approximate surface area is 125 Å². The number of thiocarbonyl (C=S) groups is 1. The lowest BCUT2D eigenvalue weighted by atomic mass is 10.0. The molecule has 3 aliphatic carbocycles. The highest BCUT2D eigenvalue weighted by Gasteiger charge is 2.65. The maximum Gasteiger partial charge on any atom is 0.107 e. The summed E-state index contributed by atoms with van der Waals surface area (Å²) in [7, 11) is 0. The number of anilines is 1. The Hall–Kier alpha value is -1.16. The van der Waals surface area contributed by atoms with Crippen molar-refractivity contribution in [2.75, 3.05) is 5.32 Å². The molecule has 106 valence electrons. The summed E-state index contributed by atoms with van der Waals surface area (Å²) in [6.45, 7) is 4.02. The molecule has 2 bridgehead atoms. The second-order valence-electron chi connectivity index (χ2n) is 6.79. The van der Waals surface area contributed by atoms with E-state index in [2.05, 4.69) is 16.4 Å². The van der Waals surface area contributed by atoms with Crippen molar-refractivity contribution in [3.05, 3.63) is 23.0 Å². The van der Waals surface area contributed by atoms with Crippen molar-refractivity contribution in [1.82, 2.24) is 4.98 Å². The Morgan fingerprint density at radius 3 is 2.55 bits per heavy atom. The standard InChI is InChI=1S/C16H21N3S/c1-7-5-11(12(16(17)20)8(2)18-7)19-15-13-9-3-4-10(6-9)14(13)15/h5,9-10,13-15H,3-4,6H2,1-2H3,(H2,17,20)(H,18,19). The fraction of sp³-hybridized carbons (Fsp3) is 0.625. The maximum atomic E-state index is 5.90. The second-order valence-corrected chi connectivity index (χ2v) is 7.23. The van der Waals surface area contributed by atoms with Crippen LogP contribution in [0.5, 0.6) is 0 Å². The van der Waals surface area contributed by atoms with Gasteiger partial charge in [0.25, 0.3) is 0 Å². The predicted octanol–water partition coefficient (Wildman–Crippen LogP) is 2.79. The molecule has 0 spiro atoms. The van der Waals surface area contributed by atoms with Crippen LogP contribution in [-0.4, -0.2) is 16.0 Å². The molecule has 3 N–H and O–H groups in total. The lowest BCUT2D eigenvalue weighted by Crippen LogP contribution is -2.19. The third-order valence-corrected chi connectivity index (χ3v) is 5.84. The van der Waals surface area contributed by atoms with Crippen molar-refractivity contribution >= 4 is 22.9 Å². The molecule has 1 heterocycles. The number of pyridine rings is 1. The number of nitrogens with two attached hydrogens (primary N) is 1. The number of nitrogens with one attached hydrogen (secondary N) is 1. The summed E-state index contributed by atoms with van der Waals surface area (Å²) in [6, 6.07) is 2.74. The van der Waals surface area contributed by atoms with E-state index in [0.717, 1.165) is 46.3 Å². The Morgan fingerprint density at radius 2 is 1.95 bits per heavy atom. The van der Waals surface area contributed by atoms with Crippen LogP contribution in [0.15, 0.2) is 6.07 Å². The van der Waals surface area contributed by atoms with E-state index in [1.807, 2.05) is 13.8 Å². The van der Waals surface area contributed by atoms with Gasteiger partial charge < -0.3 is 11.1 Å². The maximum absolute atomic E-state index is 5.90. The van der Waals surface area contributed by atoms with E-state index in [1.165, 1.54) is 19.3 Å². The van der Waals surface area contributed by atoms with Gasteiger partial charge in [-0.3, -0.25) is 4.98 Å². The first-order valence-electron chi connectivity index (χ1n) is 7.61. The Bertz CT molecular complexity index is 582. The molecule has 0 aliphatic heterocycles. The lowest BCUT2D eigenvalue weighted by molar-refractivity contribution is 0.456. The first kappa shape index (κ1) is 12.6. The van der Waals surface area contributed by atoms with Crippen LogP contribution >= 0.6 is 12.2 Å². The molecule has 0 saturated heterocycles. The highest BCUT2D eigenvalue weighted by atomic mass is 32.1. The van der Waals surface area contributed by atoms with Crippen molar-refractivity contribution in [3.63, 3.8) is 0 Å². The number of fused-ring (bicyclic) bond motifs is 5. The molecule has 1 aromatic rings. The molecule has 3 nitrogen and oxygen atoms in total. The smallest absolute Gasteiger partial charge is 0.107 e. The van der Waals surface area contributed by atoms with Gasteiger partial charge in [-0.25, -0.2) is 0 Å². The van der Waals surface area contributed by atoms with Gasteiger partial charge in [0.15, 0.2) is 0 Å². The van der Waals surface area contributed by atoms with Crippen LogP contribution in [0.2, 0.25) is 0 Å². The molecular weight excluding hydrogens is 266 g/mol. The van der Waals surface area contributed by atoms with E-state index in [1.54, 1.807) is 0 Å². The molecule has 3 saturated carbocycles. The van der Waals surface area contributed by atoms with Crippen molar-refractivity contribution < 1.29 is 0 Å². The second kappa shape index (κ2) is 4.17. The number of aromatic nitrogens is 1. The highest BCUT2D eigenvalue weighted by Crippen LogP contribution is 2.66. The van der Waals surface area contributed by atoms with Gasteiger partial charge in [-0.1, -0.05) is 12.2 Å². The zero-order valence-electron chi connectivity index (χ0n) is 12.0. The number of rotatable bonds is 3. The minimum absolute atomic E-state index is 0.450. The molecule has 0 amide bonds. The van der Waals surface area contributed by atoms with Crippen LogP contribution in [0.3, 0.4) is 0 Å². The van der Waals surface area contributed by atoms with Crippen LogP contribution in [-0.2, 0) is 0 Å². The minimum atomic E-state index is 0.450. The van der Waals surface area contributed by atoms with Gasteiger partial charge in [-0.2, -0.15) is 0 Å². The molecule has 1 aromatic heterocycles. The lowest BCUT2D eigenvalue weighted by Gasteiger charge is -2.17. The Kier molecular flexibility index (Phi) is 2.62. The van der Waals surface area contributed by atoms with E-state index < -0.39 is 0 Å². The summed E-state index contributed by atoms with van der Waals surface area (Å²) >= 11 is 5.21. The van der Waals surface area contributed by atoms with Gasteiger partial charge >= 0.3 is 0 Å². The molecular formula is C16H21N3S. The third kappa shape index (κ3) is 1.70. The van der Waals surface area contributed by atoms with Gasteiger partial charge in [0.05, 0.1) is 5.56 Å². The predicted molar refractivity (Wildman–Crippen MR) is 84.8 cm³/mol. The van der Waals surface area contributed by atoms with Gasteiger partial charge in [-0.05, 0) is 62.8 Å². The van der Waals surface area contributed by atoms with E-state index in [0.29, 0.717) is 11.0 Å². The van der Waals surface area contributed by atoms with Crippen molar-refractivity contribution in [2.45, 2.75) is 39.2 Å². The zero-order chi connectivity index (χ0) is 14.0. The van der Waals surface area contributed by atoms with Gasteiger partial charge in [-0.15, -0.1) is 0 Å². The van der Waals surface area contributed by atoms with Gasteiger partial charge in [0, 0.05) is 23.1 Å². The monoisotopic (exact) mass is 287 g/mol. The van der Waals surface area contributed by atoms with Crippen molar-refractivity contribution in [2.24, 2.45) is 29.4 Å². The van der Waals surface area contributed by atoms with Crippen molar-refractivity contribution in [3.8, 4) is 0 Å². The number of nitrogens with zero attached hydrogens (tertiary/aromatic N) is 1. The van der Waals surface area contributed by atoms with Crippen LogP contribution in [0.1, 0.15) is 36.2 Å². The van der Waals surface area contributed by atoms with Crippen LogP contribution in [0.4, 0.5) is 5.69 Å². The Balaban J connectivity index is 1.62. The number of aryl methyl sites for hydroxylation is 2. The molecule has 4 unspecified atom stereocenters. The first-order chi connectivity index (χ1) is 9.56. The van der Waals surface area contributed by atoms with Crippen molar-refractivity contribution in [1.29, 1.82) is 0 Å². The van der Waals surface area contributed by atoms with E-state index in [4.69, 9.17) is 18.0 Å². The summed E-state index contributed by atoms with van der Waals surface area (Å²) in [5, 5.41) is 3.74. The number of hydrogen-bond donors (Lipinski definition) is 2. The van der Waals surface area contributed by atoms with Gasteiger partial charge in [0.1, 0.15) is 4.99 Å². The summed E-state index contributed by atoms with van der Waals surface area (Å²) < 4.78 is 0. The fourth-order valence-electron chi connectivity index (χ4n) is 4.95. The molecule has 20 heavy (non-hydrogen) atoms. The summed E-state index contributed by atoms with van der Waals surface area (Å²) in [5.41, 5.74) is 9.89. The average molecular weight is 287 g/mol. The molecule has 0 aromatic carbocycles. The van der Waals surface area contributed by atoms with E-state index in [9.17, 15) is 0 Å². The Morgan fingerprint density at radius 1 is 1.30 bits per heavy atom.